The van der Waals surface area contributed by atoms with Gasteiger partial charge in [-0.2, -0.15) is 0 Å². The van der Waals surface area contributed by atoms with Crippen LogP contribution in [-0.2, 0) is 6.42 Å². The maximum atomic E-state index is 5.78. The van der Waals surface area contributed by atoms with Crippen molar-refractivity contribution in [2.24, 2.45) is 5.92 Å². The highest BCUT2D eigenvalue weighted by Gasteiger charge is 2.30. The van der Waals surface area contributed by atoms with Crippen molar-refractivity contribution < 1.29 is 4.74 Å². The lowest BCUT2D eigenvalue weighted by molar-refractivity contribution is 0.303. The first kappa shape index (κ1) is 13.0. The first-order valence-corrected chi connectivity index (χ1v) is 7.84. The molecule has 3 rings (SSSR count). The predicted molar refractivity (Wildman–Crippen MR) is 78.6 cm³/mol. The summed E-state index contributed by atoms with van der Waals surface area (Å²) in [7, 11) is 0. The summed E-state index contributed by atoms with van der Waals surface area (Å²) >= 11 is 0. The van der Waals surface area contributed by atoms with E-state index in [0.29, 0.717) is 6.10 Å². The zero-order valence-corrected chi connectivity index (χ0v) is 11.9. The van der Waals surface area contributed by atoms with Crippen LogP contribution < -0.4 is 10.1 Å². The number of benzene rings is 1. The van der Waals surface area contributed by atoms with Crippen molar-refractivity contribution in [1.82, 2.24) is 5.32 Å². The molecule has 2 heteroatoms. The molecule has 19 heavy (non-hydrogen) atoms. The van der Waals surface area contributed by atoms with Gasteiger partial charge in [-0.15, -0.1) is 0 Å². The Hall–Kier alpha value is -1.02. The minimum atomic E-state index is 0.499. The molecule has 0 heterocycles. The van der Waals surface area contributed by atoms with Crippen molar-refractivity contribution in [2.75, 3.05) is 6.54 Å². The van der Waals surface area contributed by atoms with Crippen LogP contribution in [0.1, 0.15) is 44.6 Å². The maximum Gasteiger partial charge on any atom is 0.119 e. The SMILES string of the molecule is CCNC(CCc1ccc(OC2CC2)cc1)C1CC1. The minimum absolute atomic E-state index is 0.499. The van der Waals surface area contributed by atoms with E-state index in [1.165, 1.54) is 44.1 Å². The van der Waals surface area contributed by atoms with E-state index in [2.05, 4.69) is 36.5 Å². The molecule has 1 unspecified atom stereocenters. The molecule has 1 N–H and O–H groups in total. The van der Waals surface area contributed by atoms with Crippen molar-refractivity contribution in [1.29, 1.82) is 0 Å². The number of hydrogen-bond acceptors (Lipinski definition) is 2. The summed E-state index contributed by atoms with van der Waals surface area (Å²) in [4.78, 5) is 0. The summed E-state index contributed by atoms with van der Waals surface area (Å²) in [6.45, 7) is 3.30. The van der Waals surface area contributed by atoms with Crippen LogP contribution in [0.25, 0.3) is 0 Å². The van der Waals surface area contributed by atoms with Crippen LogP contribution in [0.2, 0.25) is 0 Å². The fourth-order valence-corrected chi connectivity index (χ4v) is 2.70. The van der Waals surface area contributed by atoms with E-state index in [1.54, 1.807) is 0 Å². The number of aryl methyl sites for hydroxylation is 1. The van der Waals surface area contributed by atoms with E-state index >= 15 is 0 Å². The van der Waals surface area contributed by atoms with Crippen LogP contribution in [0.15, 0.2) is 24.3 Å². The number of hydrogen-bond donors (Lipinski definition) is 1. The largest absolute Gasteiger partial charge is 0.490 e. The highest BCUT2D eigenvalue weighted by molar-refractivity contribution is 5.28. The normalized spacial score (nSPS) is 20.3. The zero-order chi connectivity index (χ0) is 13.1. The lowest BCUT2D eigenvalue weighted by Gasteiger charge is -2.17. The summed E-state index contributed by atoms with van der Waals surface area (Å²) in [6, 6.07) is 9.45. The molecular formula is C17H25NO. The van der Waals surface area contributed by atoms with E-state index in [0.717, 1.165) is 24.3 Å². The first-order chi connectivity index (χ1) is 9.35. The number of nitrogens with one attached hydrogen (secondary N) is 1. The molecule has 2 nitrogen and oxygen atoms in total. The zero-order valence-electron chi connectivity index (χ0n) is 11.9. The topological polar surface area (TPSA) is 21.3 Å². The predicted octanol–water partition coefficient (Wildman–Crippen LogP) is 3.55. The van der Waals surface area contributed by atoms with E-state index in [-0.39, 0.29) is 0 Å². The molecule has 1 atom stereocenters. The van der Waals surface area contributed by atoms with Crippen LogP contribution >= 0.6 is 0 Å². The molecule has 0 aliphatic heterocycles. The van der Waals surface area contributed by atoms with Gasteiger partial charge in [-0.05, 0) is 68.7 Å². The molecule has 0 aromatic heterocycles. The molecule has 104 valence electrons. The molecule has 1 aromatic carbocycles. The van der Waals surface area contributed by atoms with E-state index in [4.69, 9.17) is 4.74 Å². The fraction of sp³-hybridized carbons (Fsp3) is 0.647. The van der Waals surface area contributed by atoms with Crippen LogP contribution in [-0.4, -0.2) is 18.7 Å². The summed E-state index contributed by atoms with van der Waals surface area (Å²) in [5.41, 5.74) is 1.44. The Morgan fingerprint density at radius 2 is 1.89 bits per heavy atom. The Morgan fingerprint density at radius 1 is 1.16 bits per heavy atom. The number of ether oxygens (including phenoxy) is 1. The van der Waals surface area contributed by atoms with Gasteiger partial charge in [0.25, 0.3) is 0 Å². The smallest absolute Gasteiger partial charge is 0.119 e. The third-order valence-corrected chi connectivity index (χ3v) is 4.15. The van der Waals surface area contributed by atoms with Gasteiger partial charge in [0, 0.05) is 6.04 Å². The molecular weight excluding hydrogens is 234 g/mol. The van der Waals surface area contributed by atoms with Crippen molar-refractivity contribution in [3.8, 4) is 5.75 Å². The summed E-state index contributed by atoms with van der Waals surface area (Å²) in [5, 5.41) is 3.64. The van der Waals surface area contributed by atoms with Gasteiger partial charge in [-0.1, -0.05) is 19.1 Å². The standard InChI is InChI=1S/C17H25NO/c1-2-18-17(14-6-7-14)12-5-13-3-8-15(9-4-13)19-16-10-11-16/h3-4,8-9,14,16-18H,2,5-7,10-12H2,1H3. The van der Waals surface area contributed by atoms with Crippen molar-refractivity contribution in [2.45, 2.75) is 57.6 Å². The molecule has 2 fully saturated rings. The average molecular weight is 259 g/mol. The molecule has 0 spiro atoms. The number of rotatable bonds is 8. The molecule has 1 aromatic rings. The highest BCUT2D eigenvalue weighted by atomic mass is 16.5. The van der Waals surface area contributed by atoms with Crippen molar-refractivity contribution in [3.63, 3.8) is 0 Å². The quantitative estimate of drug-likeness (QED) is 0.771. The van der Waals surface area contributed by atoms with Gasteiger partial charge in [0.05, 0.1) is 6.10 Å². The molecule has 2 aliphatic rings. The Balaban J connectivity index is 1.48. The Kier molecular flexibility index (Phi) is 4.07. The summed E-state index contributed by atoms with van der Waals surface area (Å²) in [6.07, 6.45) is 8.25. The maximum absolute atomic E-state index is 5.78. The van der Waals surface area contributed by atoms with E-state index < -0.39 is 0 Å². The third-order valence-electron chi connectivity index (χ3n) is 4.15. The summed E-state index contributed by atoms with van der Waals surface area (Å²) < 4.78 is 5.78. The van der Waals surface area contributed by atoms with E-state index in [9.17, 15) is 0 Å². The third kappa shape index (κ3) is 3.97. The van der Waals surface area contributed by atoms with Gasteiger partial charge in [-0.3, -0.25) is 0 Å². The summed E-state index contributed by atoms with van der Waals surface area (Å²) in [5.74, 6) is 1.98. The van der Waals surface area contributed by atoms with Crippen LogP contribution in [0, 0.1) is 5.92 Å². The van der Waals surface area contributed by atoms with Crippen molar-refractivity contribution >= 4 is 0 Å². The lowest BCUT2D eigenvalue weighted by atomic mass is 10.0. The molecule has 0 saturated heterocycles. The first-order valence-electron chi connectivity index (χ1n) is 7.84. The monoisotopic (exact) mass is 259 g/mol. The molecule has 0 bridgehead atoms. The molecule has 2 aliphatic carbocycles. The second-order valence-electron chi connectivity index (χ2n) is 6.00. The van der Waals surface area contributed by atoms with Gasteiger partial charge in [0.15, 0.2) is 0 Å². The lowest BCUT2D eigenvalue weighted by Crippen LogP contribution is -2.31. The van der Waals surface area contributed by atoms with Crippen molar-refractivity contribution in [3.05, 3.63) is 29.8 Å². The molecule has 0 amide bonds. The molecule has 2 saturated carbocycles. The van der Waals surface area contributed by atoms with Crippen LogP contribution in [0.3, 0.4) is 0 Å². The Bertz CT molecular complexity index is 392. The van der Waals surface area contributed by atoms with Crippen LogP contribution in [0.5, 0.6) is 5.75 Å². The van der Waals surface area contributed by atoms with Gasteiger partial charge in [-0.25, -0.2) is 0 Å². The van der Waals surface area contributed by atoms with Gasteiger partial charge >= 0.3 is 0 Å². The van der Waals surface area contributed by atoms with Gasteiger partial charge < -0.3 is 10.1 Å². The second-order valence-corrected chi connectivity index (χ2v) is 6.00. The fourth-order valence-electron chi connectivity index (χ4n) is 2.70. The average Bonchev–Trinajstić information content (AvgIpc) is 3.29. The Labute approximate surface area is 116 Å². The highest BCUT2D eigenvalue weighted by Crippen LogP contribution is 2.34. The second kappa shape index (κ2) is 5.96. The Morgan fingerprint density at radius 3 is 2.47 bits per heavy atom. The minimum Gasteiger partial charge on any atom is -0.490 e. The van der Waals surface area contributed by atoms with Gasteiger partial charge in [0.2, 0.25) is 0 Å². The van der Waals surface area contributed by atoms with Gasteiger partial charge in [0.1, 0.15) is 5.75 Å². The molecule has 0 radical (unpaired) electrons. The van der Waals surface area contributed by atoms with E-state index in [1.807, 2.05) is 0 Å². The van der Waals surface area contributed by atoms with Crippen LogP contribution in [0.4, 0.5) is 0 Å².